The molecule has 0 radical (unpaired) electrons. The van der Waals surface area contributed by atoms with Gasteiger partial charge in [-0.2, -0.15) is 0 Å². The van der Waals surface area contributed by atoms with Gasteiger partial charge in [-0.05, 0) is 69.8 Å². The highest BCUT2D eigenvalue weighted by molar-refractivity contribution is 7.26. The van der Waals surface area contributed by atoms with Crippen molar-refractivity contribution < 1.29 is 0 Å². The van der Waals surface area contributed by atoms with Gasteiger partial charge in [-0.15, -0.1) is 11.3 Å². The molecule has 4 nitrogen and oxygen atoms in total. The van der Waals surface area contributed by atoms with Crippen LogP contribution in [-0.4, -0.2) is 19.5 Å². The van der Waals surface area contributed by atoms with Crippen molar-refractivity contribution in [1.82, 2.24) is 19.5 Å². The van der Waals surface area contributed by atoms with Gasteiger partial charge in [-0.1, -0.05) is 182 Å². The average Bonchev–Trinajstić information content (AvgIpc) is 3.91. The highest BCUT2D eigenvalue weighted by Gasteiger charge is 2.21. The van der Waals surface area contributed by atoms with Gasteiger partial charge in [0.15, 0.2) is 17.5 Å². The van der Waals surface area contributed by atoms with E-state index in [1.807, 2.05) is 35.6 Å². The van der Waals surface area contributed by atoms with E-state index >= 15 is 0 Å². The second kappa shape index (κ2) is 14.9. The molecule has 9 aromatic carbocycles. The van der Waals surface area contributed by atoms with E-state index in [1.54, 1.807) is 0 Å². The average molecular weight is 809 g/mol. The van der Waals surface area contributed by atoms with Crippen molar-refractivity contribution in [1.29, 1.82) is 0 Å². The van der Waals surface area contributed by atoms with E-state index < -0.39 is 0 Å². The number of hydrogen-bond donors (Lipinski definition) is 0. The monoisotopic (exact) mass is 808 g/mol. The fourth-order valence-electron chi connectivity index (χ4n) is 8.84. The van der Waals surface area contributed by atoms with Gasteiger partial charge < -0.3 is 4.57 Å². The summed E-state index contributed by atoms with van der Waals surface area (Å²) in [6.45, 7) is 0. The third-order valence-electron chi connectivity index (χ3n) is 11.8. The molecule has 0 saturated carbocycles. The van der Waals surface area contributed by atoms with Crippen molar-refractivity contribution >= 4 is 53.3 Å². The Kier molecular flexibility index (Phi) is 8.65. The number of benzene rings is 9. The van der Waals surface area contributed by atoms with E-state index in [0.29, 0.717) is 17.5 Å². The zero-order valence-corrected chi connectivity index (χ0v) is 34.3. The molecular formula is C57H36N4S. The Balaban J connectivity index is 1.12. The van der Waals surface area contributed by atoms with Crippen molar-refractivity contribution in [2.45, 2.75) is 0 Å². The largest absolute Gasteiger partial charge is 0.308 e. The Morgan fingerprint density at radius 3 is 1.48 bits per heavy atom. The fourth-order valence-corrected chi connectivity index (χ4v) is 10.1. The molecule has 62 heavy (non-hydrogen) atoms. The van der Waals surface area contributed by atoms with Crippen molar-refractivity contribution in [2.24, 2.45) is 0 Å². The zero-order chi connectivity index (χ0) is 41.0. The van der Waals surface area contributed by atoms with Crippen LogP contribution < -0.4 is 0 Å². The minimum absolute atomic E-state index is 0.607. The first-order valence-electron chi connectivity index (χ1n) is 20.8. The van der Waals surface area contributed by atoms with E-state index in [-0.39, 0.29) is 0 Å². The van der Waals surface area contributed by atoms with Crippen LogP contribution in [0.3, 0.4) is 0 Å². The summed E-state index contributed by atoms with van der Waals surface area (Å²) >= 11 is 1.86. The summed E-state index contributed by atoms with van der Waals surface area (Å²) in [6, 6.07) is 77.5. The number of nitrogens with zero attached hydrogens (tertiary/aromatic N) is 4. The molecule has 12 aromatic rings. The first-order chi connectivity index (χ1) is 30.7. The molecule has 290 valence electrons. The Morgan fingerprint density at radius 2 is 0.774 bits per heavy atom. The Bertz CT molecular complexity index is 3610. The number of hydrogen-bond acceptors (Lipinski definition) is 4. The number of rotatable bonds is 7. The van der Waals surface area contributed by atoms with Gasteiger partial charge in [0.25, 0.3) is 0 Å². The van der Waals surface area contributed by atoms with Gasteiger partial charge >= 0.3 is 0 Å². The lowest BCUT2D eigenvalue weighted by Gasteiger charge is -2.15. The van der Waals surface area contributed by atoms with Crippen LogP contribution in [0.1, 0.15) is 0 Å². The first-order valence-corrected chi connectivity index (χ1v) is 21.7. The normalized spacial score (nSPS) is 11.5. The standard InChI is InChI=1S/C57H36N4S/c1-4-15-37(16-5-1)39-27-29-41(30-28-39)56-58-55(40-19-8-3-9-20-40)59-57(60-56)45-34-44(43-22-14-21-42(33-43)38-17-6-2-7-18-38)35-46(36-45)61-51-25-12-10-23-47(51)49-31-32-50-48-24-11-13-26-52(48)62-54(50)53(49)61/h1-36H. The predicted molar refractivity (Wildman–Crippen MR) is 260 cm³/mol. The topological polar surface area (TPSA) is 43.6 Å². The molecule has 0 amide bonds. The zero-order valence-electron chi connectivity index (χ0n) is 33.5. The molecule has 12 rings (SSSR count). The number of thiophene rings is 1. The van der Waals surface area contributed by atoms with Crippen LogP contribution >= 0.6 is 11.3 Å². The molecule has 3 aromatic heterocycles. The Morgan fingerprint density at radius 1 is 0.306 bits per heavy atom. The molecule has 0 aliphatic carbocycles. The lowest BCUT2D eigenvalue weighted by atomic mass is 9.97. The van der Waals surface area contributed by atoms with Crippen LogP contribution in [0.15, 0.2) is 218 Å². The highest BCUT2D eigenvalue weighted by atomic mass is 32.1. The van der Waals surface area contributed by atoms with E-state index in [1.165, 1.54) is 47.6 Å². The maximum absolute atomic E-state index is 5.30. The van der Waals surface area contributed by atoms with Crippen molar-refractivity contribution in [3.05, 3.63) is 218 Å². The summed E-state index contributed by atoms with van der Waals surface area (Å²) in [7, 11) is 0. The molecule has 0 unspecified atom stereocenters. The minimum atomic E-state index is 0.607. The molecule has 0 fully saturated rings. The second-order valence-corrected chi connectivity index (χ2v) is 16.7. The molecule has 0 bridgehead atoms. The number of para-hydroxylation sites is 1. The third kappa shape index (κ3) is 6.26. The highest BCUT2D eigenvalue weighted by Crippen LogP contribution is 2.44. The van der Waals surface area contributed by atoms with Crippen LogP contribution in [0.4, 0.5) is 0 Å². The van der Waals surface area contributed by atoms with Gasteiger partial charge in [-0.3, -0.25) is 0 Å². The van der Waals surface area contributed by atoms with E-state index in [4.69, 9.17) is 15.0 Å². The summed E-state index contributed by atoms with van der Waals surface area (Å²) in [4.78, 5) is 15.7. The van der Waals surface area contributed by atoms with Crippen LogP contribution in [0.5, 0.6) is 0 Å². The van der Waals surface area contributed by atoms with Crippen LogP contribution in [0.25, 0.3) is 115 Å². The molecular weight excluding hydrogens is 773 g/mol. The van der Waals surface area contributed by atoms with Gasteiger partial charge in [0.1, 0.15) is 0 Å². The van der Waals surface area contributed by atoms with E-state index in [2.05, 4.69) is 199 Å². The van der Waals surface area contributed by atoms with Gasteiger partial charge in [0.2, 0.25) is 0 Å². The van der Waals surface area contributed by atoms with Crippen molar-refractivity contribution in [3.8, 4) is 73.2 Å². The van der Waals surface area contributed by atoms with Crippen molar-refractivity contribution in [2.75, 3.05) is 0 Å². The van der Waals surface area contributed by atoms with Gasteiger partial charge in [-0.25, -0.2) is 15.0 Å². The van der Waals surface area contributed by atoms with Crippen LogP contribution in [-0.2, 0) is 0 Å². The maximum Gasteiger partial charge on any atom is 0.164 e. The number of aromatic nitrogens is 4. The molecule has 0 aliphatic rings. The summed E-state index contributed by atoms with van der Waals surface area (Å²) in [5.74, 6) is 1.85. The third-order valence-corrected chi connectivity index (χ3v) is 13.0. The summed E-state index contributed by atoms with van der Waals surface area (Å²) in [5.41, 5.74) is 13.0. The van der Waals surface area contributed by atoms with E-state index in [0.717, 1.165) is 50.1 Å². The van der Waals surface area contributed by atoms with Crippen molar-refractivity contribution in [3.63, 3.8) is 0 Å². The summed E-state index contributed by atoms with van der Waals surface area (Å²) < 4.78 is 5.01. The van der Waals surface area contributed by atoms with Crippen LogP contribution in [0, 0.1) is 0 Å². The van der Waals surface area contributed by atoms with Gasteiger partial charge in [0.05, 0.1) is 15.7 Å². The minimum Gasteiger partial charge on any atom is -0.308 e. The van der Waals surface area contributed by atoms with Crippen LogP contribution in [0.2, 0.25) is 0 Å². The molecule has 0 spiro atoms. The lowest BCUT2D eigenvalue weighted by Crippen LogP contribution is -2.02. The Labute approximate surface area is 362 Å². The fraction of sp³-hybridized carbons (Fsp3) is 0. The molecule has 0 N–H and O–H groups in total. The summed E-state index contributed by atoms with van der Waals surface area (Å²) in [5, 5.41) is 4.99. The Hall–Kier alpha value is -7.99. The second-order valence-electron chi connectivity index (χ2n) is 15.6. The molecule has 0 saturated heterocycles. The van der Waals surface area contributed by atoms with Gasteiger partial charge in [0, 0.05) is 48.6 Å². The molecule has 5 heteroatoms. The van der Waals surface area contributed by atoms with E-state index in [9.17, 15) is 0 Å². The lowest BCUT2D eigenvalue weighted by molar-refractivity contribution is 1.07. The summed E-state index contributed by atoms with van der Waals surface area (Å²) in [6.07, 6.45) is 0. The SMILES string of the molecule is c1ccc(-c2ccc(-c3nc(-c4ccccc4)nc(-c4cc(-c5cccc(-c6ccccc6)c5)cc(-n5c6ccccc6c6ccc7c8ccccc8sc7c65)c4)n3)cc2)cc1. The smallest absolute Gasteiger partial charge is 0.164 e. The first kappa shape index (κ1) is 35.9. The quantitative estimate of drug-likeness (QED) is 0.161. The predicted octanol–water partition coefficient (Wildman–Crippen LogP) is 15.3. The molecule has 0 atom stereocenters. The maximum atomic E-state index is 5.30. The molecule has 0 aliphatic heterocycles. The molecule has 3 heterocycles. The number of fused-ring (bicyclic) bond motifs is 7.